The van der Waals surface area contributed by atoms with Crippen LogP contribution in [0, 0.1) is 5.82 Å². The quantitative estimate of drug-likeness (QED) is 0.745. The van der Waals surface area contributed by atoms with E-state index < -0.39 is 5.60 Å². The van der Waals surface area contributed by atoms with E-state index in [9.17, 15) is 14.3 Å². The zero-order valence-corrected chi connectivity index (χ0v) is 13.6. The monoisotopic (exact) mass is 340 g/mol. The van der Waals surface area contributed by atoms with Gasteiger partial charge in [-0.2, -0.15) is 0 Å². The smallest absolute Gasteiger partial charge is 0.251 e. The maximum Gasteiger partial charge on any atom is 0.251 e. The highest BCUT2D eigenvalue weighted by Crippen LogP contribution is 2.20. The summed E-state index contributed by atoms with van der Waals surface area (Å²) < 4.78 is 14.6. The van der Waals surface area contributed by atoms with Crippen LogP contribution in [0.5, 0.6) is 0 Å². The number of carbonyl (C=O) groups excluding carboxylic acids is 1. The van der Waals surface area contributed by atoms with Crippen molar-refractivity contribution in [3.05, 3.63) is 77.9 Å². The van der Waals surface area contributed by atoms with Crippen molar-refractivity contribution in [1.82, 2.24) is 20.3 Å². The molecular weight excluding hydrogens is 323 g/mol. The average molecular weight is 340 g/mol. The number of nitrogens with one attached hydrogen (secondary N) is 1. The Labute approximate surface area is 143 Å². The molecular formula is C18H17FN4O2. The standard InChI is InChI=1S/C18H17FN4O2/c1-18(25,14-4-6-15(19)7-5-14)12-20-17(24)13-2-8-16(9-3-13)23-11-10-21-22-23/h2-11,25H,12H2,1H3,(H,20,24). The van der Waals surface area contributed by atoms with E-state index in [4.69, 9.17) is 0 Å². The van der Waals surface area contributed by atoms with E-state index in [1.807, 2.05) is 0 Å². The summed E-state index contributed by atoms with van der Waals surface area (Å²) in [6, 6.07) is 12.4. The van der Waals surface area contributed by atoms with Crippen molar-refractivity contribution >= 4 is 5.91 Å². The van der Waals surface area contributed by atoms with Gasteiger partial charge in [0.15, 0.2) is 0 Å². The molecule has 2 aromatic carbocycles. The molecule has 3 rings (SSSR count). The number of hydrogen-bond donors (Lipinski definition) is 2. The number of rotatable bonds is 5. The second-order valence-electron chi connectivity index (χ2n) is 5.86. The molecule has 25 heavy (non-hydrogen) atoms. The third kappa shape index (κ3) is 3.89. The third-order valence-corrected chi connectivity index (χ3v) is 3.88. The molecule has 0 aliphatic carbocycles. The van der Waals surface area contributed by atoms with Gasteiger partial charge in [0.05, 0.1) is 24.6 Å². The Morgan fingerprint density at radius 1 is 1.20 bits per heavy atom. The van der Waals surface area contributed by atoms with Gasteiger partial charge in [-0.25, -0.2) is 9.07 Å². The van der Waals surface area contributed by atoms with E-state index in [0.717, 1.165) is 5.69 Å². The SMILES string of the molecule is CC(O)(CNC(=O)c1ccc(-n2ccnn2)cc1)c1ccc(F)cc1. The van der Waals surface area contributed by atoms with Crippen molar-refractivity contribution in [2.75, 3.05) is 6.54 Å². The molecule has 1 unspecified atom stereocenters. The summed E-state index contributed by atoms with van der Waals surface area (Å²) in [6.07, 6.45) is 3.27. The molecule has 0 bridgehead atoms. The Bertz CT molecular complexity index is 844. The number of carbonyl (C=O) groups is 1. The lowest BCUT2D eigenvalue weighted by atomic mass is 9.96. The predicted octanol–water partition coefficient (Wildman–Crippen LogP) is 2.04. The van der Waals surface area contributed by atoms with Crippen LogP contribution < -0.4 is 5.32 Å². The van der Waals surface area contributed by atoms with Crippen molar-refractivity contribution in [1.29, 1.82) is 0 Å². The molecule has 128 valence electrons. The number of hydrogen-bond acceptors (Lipinski definition) is 4. The lowest BCUT2D eigenvalue weighted by Gasteiger charge is -2.24. The number of aromatic nitrogens is 3. The minimum Gasteiger partial charge on any atom is -0.384 e. The van der Waals surface area contributed by atoms with E-state index >= 15 is 0 Å². The zero-order valence-electron chi connectivity index (χ0n) is 13.6. The van der Waals surface area contributed by atoms with Crippen LogP contribution in [0.2, 0.25) is 0 Å². The summed E-state index contributed by atoms with van der Waals surface area (Å²) in [5.74, 6) is -0.691. The molecule has 0 saturated carbocycles. The number of aliphatic hydroxyl groups is 1. The Morgan fingerprint density at radius 3 is 2.48 bits per heavy atom. The van der Waals surface area contributed by atoms with Crippen molar-refractivity contribution in [2.24, 2.45) is 0 Å². The minimum atomic E-state index is -1.30. The molecule has 0 saturated heterocycles. The van der Waals surface area contributed by atoms with Crippen LogP contribution in [0.1, 0.15) is 22.8 Å². The van der Waals surface area contributed by atoms with Crippen LogP contribution in [-0.4, -0.2) is 32.6 Å². The molecule has 7 heteroatoms. The molecule has 0 radical (unpaired) electrons. The van der Waals surface area contributed by atoms with Gasteiger partial charge in [-0.1, -0.05) is 17.3 Å². The normalized spacial score (nSPS) is 13.2. The lowest BCUT2D eigenvalue weighted by molar-refractivity contribution is 0.0526. The average Bonchev–Trinajstić information content (AvgIpc) is 3.15. The summed E-state index contributed by atoms with van der Waals surface area (Å²) in [6.45, 7) is 1.57. The number of amides is 1. The molecule has 0 fully saturated rings. The van der Waals surface area contributed by atoms with Crippen molar-refractivity contribution in [3.63, 3.8) is 0 Å². The van der Waals surface area contributed by atoms with Gasteiger partial charge in [0.1, 0.15) is 11.4 Å². The third-order valence-electron chi connectivity index (χ3n) is 3.88. The van der Waals surface area contributed by atoms with Crippen LogP contribution in [0.4, 0.5) is 4.39 Å². The Morgan fingerprint density at radius 2 is 1.88 bits per heavy atom. The predicted molar refractivity (Wildman–Crippen MR) is 89.7 cm³/mol. The van der Waals surface area contributed by atoms with E-state index in [1.54, 1.807) is 48.3 Å². The number of halogens is 1. The molecule has 6 nitrogen and oxygen atoms in total. The molecule has 1 amide bonds. The molecule has 0 aliphatic rings. The van der Waals surface area contributed by atoms with Crippen LogP contribution in [0.3, 0.4) is 0 Å². The van der Waals surface area contributed by atoms with Gasteiger partial charge in [0, 0.05) is 5.56 Å². The van der Waals surface area contributed by atoms with Crippen LogP contribution in [-0.2, 0) is 5.60 Å². The second kappa shape index (κ2) is 6.82. The van der Waals surface area contributed by atoms with Gasteiger partial charge in [0.2, 0.25) is 0 Å². The fourth-order valence-electron chi connectivity index (χ4n) is 2.38. The van der Waals surface area contributed by atoms with E-state index in [-0.39, 0.29) is 18.3 Å². The summed E-state index contributed by atoms with van der Waals surface area (Å²) in [7, 11) is 0. The van der Waals surface area contributed by atoms with E-state index in [1.165, 1.54) is 24.3 Å². The Kier molecular flexibility index (Phi) is 4.58. The fourth-order valence-corrected chi connectivity index (χ4v) is 2.38. The van der Waals surface area contributed by atoms with Crippen LogP contribution >= 0.6 is 0 Å². The molecule has 3 aromatic rings. The summed E-state index contributed by atoms with van der Waals surface area (Å²) in [5, 5.41) is 20.8. The Hall–Kier alpha value is -3.06. The van der Waals surface area contributed by atoms with Gasteiger partial charge in [-0.15, -0.1) is 5.10 Å². The van der Waals surface area contributed by atoms with Gasteiger partial charge in [-0.3, -0.25) is 4.79 Å². The van der Waals surface area contributed by atoms with Crippen LogP contribution in [0.25, 0.3) is 5.69 Å². The first-order valence-electron chi connectivity index (χ1n) is 7.69. The first kappa shape index (κ1) is 16.8. The highest BCUT2D eigenvalue weighted by atomic mass is 19.1. The van der Waals surface area contributed by atoms with Gasteiger partial charge < -0.3 is 10.4 Å². The Balaban J connectivity index is 1.65. The topological polar surface area (TPSA) is 80.0 Å². The maximum absolute atomic E-state index is 13.0. The largest absolute Gasteiger partial charge is 0.384 e. The summed E-state index contributed by atoms with van der Waals surface area (Å²) >= 11 is 0. The summed E-state index contributed by atoms with van der Waals surface area (Å²) in [5.41, 5.74) is 0.464. The lowest BCUT2D eigenvalue weighted by Crippen LogP contribution is -2.38. The molecule has 1 atom stereocenters. The van der Waals surface area contributed by atoms with Crippen molar-refractivity contribution < 1.29 is 14.3 Å². The number of benzene rings is 2. The van der Waals surface area contributed by atoms with E-state index in [2.05, 4.69) is 15.6 Å². The fraction of sp³-hybridized carbons (Fsp3) is 0.167. The molecule has 2 N–H and O–H groups in total. The van der Waals surface area contributed by atoms with Crippen molar-refractivity contribution in [2.45, 2.75) is 12.5 Å². The van der Waals surface area contributed by atoms with Crippen molar-refractivity contribution in [3.8, 4) is 5.69 Å². The molecule has 0 aliphatic heterocycles. The van der Waals surface area contributed by atoms with Gasteiger partial charge >= 0.3 is 0 Å². The highest BCUT2D eigenvalue weighted by molar-refractivity contribution is 5.94. The first-order chi connectivity index (χ1) is 12.0. The first-order valence-corrected chi connectivity index (χ1v) is 7.69. The molecule has 0 spiro atoms. The second-order valence-corrected chi connectivity index (χ2v) is 5.86. The summed E-state index contributed by atoms with van der Waals surface area (Å²) in [4.78, 5) is 12.3. The van der Waals surface area contributed by atoms with Gasteiger partial charge in [0.25, 0.3) is 5.91 Å². The van der Waals surface area contributed by atoms with Gasteiger partial charge in [-0.05, 0) is 48.9 Å². The number of nitrogens with zero attached hydrogens (tertiary/aromatic N) is 3. The van der Waals surface area contributed by atoms with Crippen LogP contribution in [0.15, 0.2) is 60.9 Å². The molecule has 1 aromatic heterocycles. The maximum atomic E-state index is 13.0. The molecule has 1 heterocycles. The van der Waals surface area contributed by atoms with E-state index in [0.29, 0.717) is 11.1 Å². The minimum absolute atomic E-state index is 0.00228. The highest BCUT2D eigenvalue weighted by Gasteiger charge is 2.24. The zero-order chi connectivity index (χ0) is 17.9.